The summed E-state index contributed by atoms with van der Waals surface area (Å²) in [5, 5.41) is 10.3. The van der Waals surface area contributed by atoms with Gasteiger partial charge in [0.05, 0.1) is 0 Å². The van der Waals surface area contributed by atoms with E-state index in [-0.39, 0.29) is 6.54 Å². The van der Waals surface area contributed by atoms with Gasteiger partial charge in [0.25, 0.3) is 0 Å². The topological polar surface area (TPSA) is 124 Å². The average Bonchev–Trinajstić information content (AvgIpc) is 1.94. The van der Waals surface area contributed by atoms with E-state index in [1.54, 1.807) is 0 Å². The van der Waals surface area contributed by atoms with Crippen LogP contribution in [-0.2, 0) is 13.9 Å². The van der Waals surface area contributed by atoms with E-state index in [2.05, 4.69) is 5.63 Å². The van der Waals surface area contributed by atoms with Crippen LogP contribution in [0, 0.1) is 5.63 Å². The number of aliphatic carboxylic acids is 1. The van der Waals surface area contributed by atoms with Crippen molar-refractivity contribution < 1.29 is 28.8 Å². The van der Waals surface area contributed by atoms with Crippen molar-refractivity contribution in [1.29, 1.82) is 0 Å². The van der Waals surface area contributed by atoms with Gasteiger partial charge in [-0.15, -0.1) is 0 Å². The molecule has 0 saturated heterocycles. The van der Waals surface area contributed by atoms with E-state index >= 15 is 0 Å². The van der Waals surface area contributed by atoms with Crippen LogP contribution in [-0.4, -0.2) is 33.2 Å². The van der Waals surface area contributed by atoms with Gasteiger partial charge >= 0.3 is 73.6 Å². The predicted octanol–water partition coefficient (Wildman–Crippen LogP) is -0.585. The molecule has 0 spiro atoms. The molecule has 1 atom stereocenters. The SMILES string of the molecule is O=P#CCNC(C(=O)O)P(=O)(O)O. The second-order valence-corrected chi connectivity index (χ2v) is 4.15. The first kappa shape index (κ1) is 12.6. The van der Waals surface area contributed by atoms with Gasteiger partial charge < -0.3 is 0 Å². The number of hydrogen-bond donors (Lipinski definition) is 4. The molecule has 0 aromatic carbocycles. The fourth-order valence-electron chi connectivity index (χ4n) is 0.525. The fraction of sp³-hybridized carbons (Fsp3) is 0.500. The standard InChI is InChI=1S/C4H7NO6P2/c6-4(7)3(13(9,10)11)5-1-2-12-8/h3,5H,1H2,(H,6,7)(H2,9,10,11). The summed E-state index contributed by atoms with van der Waals surface area (Å²) >= 11 is 0. The van der Waals surface area contributed by atoms with Gasteiger partial charge in [0, 0.05) is 0 Å². The molecule has 13 heavy (non-hydrogen) atoms. The van der Waals surface area contributed by atoms with E-state index in [9.17, 15) is 13.9 Å². The zero-order valence-electron chi connectivity index (χ0n) is 6.25. The van der Waals surface area contributed by atoms with E-state index in [4.69, 9.17) is 14.9 Å². The molecule has 0 saturated carbocycles. The zero-order valence-corrected chi connectivity index (χ0v) is 8.03. The fourth-order valence-corrected chi connectivity index (χ4v) is 1.30. The Balaban J connectivity index is 4.43. The predicted molar refractivity (Wildman–Crippen MR) is 43.0 cm³/mol. The minimum atomic E-state index is -4.73. The van der Waals surface area contributed by atoms with Gasteiger partial charge in [-0.05, 0) is 0 Å². The van der Waals surface area contributed by atoms with Crippen molar-refractivity contribution in [2.24, 2.45) is 0 Å². The number of nitrogens with one attached hydrogen (secondary N) is 1. The van der Waals surface area contributed by atoms with Gasteiger partial charge in [-0.3, -0.25) is 0 Å². The Morgan fingerprint density at radius 3 is 2.46 bits per heavy atom. The summed E-state index contributed by atoms with van der Waals surface area (Å²) < 4.78 is 20.3. The molecule has 9 heteroatoms. The normalized spacial score (nSPS) is 13.1. The van der Waals surface area contributed by atoms with Crippen LogP contribution in [0.2, 0.25) is 0 Å². The summed E-state index contributed by atoms with van der Waals surface area (Å²) in [4.78, 5) is 27.3. The molecule has 0 radical (unpaired) electrons. The second-order valence-electron chi connectivity index (χ2n) is 1.96. The van der Waals surface area contributed by atoms with Crippen molar-refractivity contribution >= 4 is 21.5 Å². The quantitative estimate of drug-likeness (QED) is 0.473. The molecule has 0 rings (SSSR count). The Morgan fingerprint density at radius 1 is 1.62 bits per heavy atom. The van der Waals surface area contributed by atoms with E-state index in [0.717, 1.165) is 0 Å². The van der Waals surface area contributed by atoms with Gasteiger partial charge in [0.15, 0.2) is 0 Å². The van der Waals surface area contributed by atoms with Crippen molar-refractivity contribution in [2.75, 3.05) is 6.54 Å². The van der Waals surface area contributed by atoms with E-state index in [1.807, 2.05) is 5.32 Å². The Hall–Kier alpha value is -0.410. The number of carboxylic acid groups (broad SMARTS) is 1. The molecule has 0 aliphatic heterocycles. The monoisotopic (exact) mass is 227 g/mol. The number of carboxylic acids is 1. The van der Waals surface area contributed by atoms with Crippen molar-refractivity contribution in [2.45, 2.75) is 5.78 Å². The van der Waals surface area contributed by atoms with Crippen LogP contribution >= 0.6 is 15.5 Å². The number of hydrogen-bond acceptors (Lipinski definition) is 4. The van der Waals surface area contributed by atoms with Crippen LogP contribution in [0.3, 0.4) is 0 Å². The maximum absolute atomic E-state index is 10.5. The van der Waals surface area contributed by atoms with Crippen LogP contribution in [0.1, 0.15) is 0 Å². The summed E-state index contributed by atoms with van der Waals surface area (Å²) in [6, 6.07) is 0. The molecule has 0 heterocycles. The molecule has 0 amide bonds. The van der Waals surface area contributed by atoms with Crippen LogP contribution < -0.4 is 5.32 Å². The van der Waals surface area contributed by atoms with Crippen molar-refractivity contribution in [3.63, 3.8) is 0 Å². The molecule has 0 aromatic rings. The third kappa shape index (κ3) is 5.01. The first-order valence-electron chi connectivity index (χ1n) is 2.96. The van der Waals surface area contributed by atoms with E-state index in [0.29, 0.717) is 0 Å². The Morgan fingerprint density at radius 2 is 2.15 bits per heavy atom. The number of rotatable bonds is 4. The second kappa shape index (κ2) is 5.35. The zero-order chi connectivity index (χ0) is 10.5. The molecule has 4 N–H and O–H groups in total. The van der Waals surface area contributed by atoms with Gasteiger partial charge in [0.2, 0.25) is 0 Å². The minimum absolute atomic E-state index is 0.285. The molecule has 0 aliphatic carbocycles. The van der Waals surface area contributed by atoms with Crippen molar-refractivity contribution in [3.05, 3.63) is 0 Å². The van der Waals surface area contributed by atoms with Crippen LogP contribution in [0.4, 0.5) is 0 Å². The molecule has 7 nitrogen and oxygen atoms in total. The molecule has 0 fully saturated rings. The van der Waals surface area contributed by atoms with E-state index < -0.39 is 27.3 Å². The third-order valence-corrected chi connectivity index (χ3v) is 2.37. The summed E-state index contributed by atoms with van der Waals surface area (Å²) in [7, 11) is -5.19. The summed E-state index contributed by atoms with van der Waals surface area (Å²) in [5.41, 5.74) is 2.10. The summed E-state index contributed by atoms with van der Waals surface area (Å²) in [5.74, 6) is -3.65. The average molecular weight is 227 g/mol. The third-order valence-electron chi connectivity index (χ3n) is 1.01. The van der Waals surface area contributed by atoms with E-state index in [1.165, 1.54) is 0 Å². The Kier molecular flexibility index (Phi) is 5.18. The van der Waals surface area contributed by atoms with Gasteiger partial charge in [-0.25, -0.2) is 0 Å². The van der Waals surface area contributed by atoms with Gasteiger partial charge in [-0.1, -0.05) is 0 Å². The molecule has 74 valence electrons. The first-order valence-corrected chi connectivity index (χ1v) is 5.45. The van der Waals surface area contributed by atoms with Crippen LogP contribution in [0.5, 0.6) is 0 Å². The number of carbonyl (C=O) groups is 1. The molecular formula is C4H7NO6P2. The van der Waals surface area contributed by atoms with Gasteiger partial charge in [0.1, 0.15) is 0 Å². The van der Waals surface area contributed by atoms with Crippen LogP contribution in [0.25, 0.3) is 0 Å². The van der Waals surface area contributed by atoms with Gasteiger partial charge in [-0.2, -0.15) is 0 Å². The molecule has 0 bridgehead atoms. The molecular weight excluding hydrogens is 220 g/mol. The first-order chi connectivity index (χ1) is 5.89. The summed E-state index contributed by atoms with van der Waals surface area (Å²) in [6.45, 7) is -0.285. The molecule has 0 aromatic heterocycles. The Labute approximate surface area is 74.4 Å². The molecule has 0 aliphatic rings. The molecule has 1 unspecified atom stereocenters. The summed E-state index contributed by atoms with van der Waals surface area (Å²) in [6.07, 6.45) is 0. The van der Waals surface area contributed by atoms with Crippen LogP contribution in [0.15, 0.2) is 0 Å². The van der Waals surface area contributed by atoms with Crippen molar-refractivity contribution in [1.82, 2.24) is 5.32 Å². The van der Waals surface area contributed by atoms with Crippen molar-refractivity contribution in [3.8, 4) is 5.63 Å². The maximum atomic E-state index is 10.5. The Bertz CT molecular complexity index is 328.